The second kappa shape index (κ2) is 10.9. The Morgan fingerprint density at radius 2 is 1.04 bits per heavy atom. The molecule has 0 aliphatic carbocycles. The SMILES string of the molecule is c1ccc(-n2c3ccccc3c3c4ccccc4c4c5ccccc5n(Cc5ncc6cc(-c7ccc8ccccc8c7)ccc6n5)c4c32)cc1. The molecule has 0 atom stereocenters. The summed E-state index contributed by atoms with van der Waals surface area (Å²) in [5, 5.41) is 11.0. The number of aromatic nitrogens is 4. The minimum Gasteiger partial charge on any atom is -0.331 e. The van der Waals surface area contributed by atoms with Crippen molar-refractivity contribution in [3.63, 3.8) is 0 Å². The van der Waals surface area contributed by atoms with Crippen molar-refractivity contribution in [2.24, 2.45) is 0 Å². The predicted octanol–water partition coefficient (Wildman–Crippen LogP) is 11.9. The van der Waals surface area contributed by atoms with Gasteiger partial charge in [0.05, 0.1) is 28.6 Å². The summed E-state index contributed by atoms with van der Waals surface area (Å²) in [4.78, 5) is 10.2. The Hall–Kier alpha value is -6.78. The van der Waals surface area contributed by atoms with Crippen LogP contribution in [0.3, 0.4) is 0 Å². The topological polar surface area (TPSA) is 35.6 Å². The van der Waals surface area contributed by atoms with Gasteiger partial charge >= 0.3 is 0 Å². The van der Waals surface area contributed by atoms with E-state index in [1.165, 1.54) is 70.7 Å². The Balaban J connectivity index is 1.16. The van der Waals surface area contributed by atoms with Crippen molar-refractivity contribution in [2.45, 2.75) is 6.54 Å². The van der Waals surface area contributed by atoms with Crippen molar-refractivity contribution in [1.29, 1.82) is 0 Å². The van der Waals surface area contributed by atoms with Crippen LogP contribution in [-0.4, -0.2) is 19.1 Å². The van der Waals surface area contributed by atoms with Gasteiger partial charge in [0.25, 0.3) is 0 Å². The van der Waals surface area contributed by atoms with Gasteiger partial charge in [-0.2, -0.15) is 0 Å². The van der Waals surface area contributed by atoms with Crippen LogP contribution in [0.25, 0.3) is 92.9 Å². The molecule has 0 saturated heterocycles. The first-order valence-electron chi connectivity index (χ1n) is 17.5. The molecule has 0 spiro atoms. The van der Waals surface area contributed by atoms with Gasteiger partial charge in [0.2, 0.25) is 0 Å². The Labute approximate surface area is 293 Å². The van der Waals surface area contributed by atoms with Gasteiger partial charge in [0, 0.05) is 44.3 Å². The van der Waals surface area contributed by atoms with Gasteiger partial charge in [0.15, 0.2) is 0 Å². The van der Waals surface area contributed by atoms with E-state index in [2.05, 4.69) is 173 Å². The molecule has 11 rings (SSSR count). The van der Waals surface area contributed by atoms with E-state index in [0.29, 0.717) is 6.54 Å². The standard InChI is InChI=1S/C47H30N4/c1-2-14-35(15-3-1)51-42-21-11-9-19-39(42)45-37-17-7-6-16-36(37)44-38-18-8-10-20-41(38)50(46(44)47(45)51)29-43-48-28-34-27-33(24-25-40(34)49-43)32-23-22-30-12-4-5-13-31(30)26-32/h1-28H,29H2. The van der Waals surface area contributed by atoms with Crippen LogP contribution in [0.2, 0.25) is 0 Å². The number of para-hydroxylation sites is 3. The minimum absolute atomic E-state index is 0.538. The molecule has 4 heteroatoms. The number of nitrogens with zero attached hydrogens (tertiary/aromatic N) is 4. The summed E-state index contributed by atoms with van der Waals surface area (Å²) in [6.45, 7) is 0.538. The molecule has 0 bridgehead atoms. The molecule has 0 radical (unpaired) electrons. The van der Waals surface area contributed by atoms with Gasteiger partial charge in [-0.3, -0.25) is 0 Å². The minimum atomic E-state index is 0.538. The highest BCUT2D eigenvalue weighted by molar-refractivity contribution is 6.36. The van der Waals surface area contributed by atoms with Crippen LogP contribution in [0.1, 0.15) is 5.82 Å². The van der Waals surface area contributed by atoms with Crippen LogP contribution in [0.4, 0.5) is 0 Å². The summed E-state index contributed by atoms with van der Waals surface area (Å²) in [5.41, 5.74) is 9.20. The molecule has 0 amide bonds. The molecule has 0 saturated carbocycles. The van der Waals surface area contributed by atoms with Crippen molar-refractivity contribution < 1.29 is 0 Å². The molecule has 51 heavy (non-hydrogen) atoms. The van der Waals surface area contributed by atoms with Crippen molar-refractivity contribution in [2.75, 3.05) is 0 Å². The largest absolute Gasteiger partial charge is 0.331 e. The van der Waals surface area contributed by atoms with E-state index in [0.717, 1.165) is 28.0 Å². The first kappa shape index (κ1) is 28.1. The average Bonchev–Trinajstić information content (AvgIpc) is 3.71. The molecule has 4 nitrogen and oxygen atoms in total. The molecule has 11 aromatic rings. The zero-order valence-corrected chi connectivity index (χ0v) is 27.7. The predicted molar refractivity (Wildman–Crippen MR) is 213 cm³/mol. The fourth-order valence-electron chi connectivity index (χ4n) is 8.33. The van der Waals surface area contributed by atoms with E-state index >= 15 is 0 Å². The highest BCUT2D eigenvalue weighted by Crippen LogP contribution is 2.45. The molecule has 3 aromatic heterocycles. The molecule has 238 valence electrons. The lowest BCUT2D eigenvalue weighted by Gasteiger charge is -2.13. The zero-order valence-electron chi connectivity index (χ0n) is 27.7. The van der Waals surface area contributed by atoms with E-state index in [9.17, 15) is 0 Å². The lowest BCUT2D eigenvalue weighted by molar-refractivity contribution is 0.802. The van der Waals surface area contributed by atoms with E-state index in [-0.39, 0.29) is 0 Å². The summed E-state index contributed by atoms with van der Waals surface area (Å²) >= 11 is 0. The van der Waals surface area contributed by atoms with Crippen molar-refractivity contribution in [3.8, 4) is 16.8 Å². The summed E-state index contributed by atoms with van der Waals surface area (Å²) in [6, 6.07) is 58.9. The van der Waals surface area contributed by atoms with E-state index in [4.69, 9.17) is 9.97 Å². The third kappa shape index (κ3) is 4.20. The van der Waals surface area contributed by atoms with Crippen molar-refractivity contribution in [1.82, 2.24) is 19.1 Å². The Bertz CT molecular complexity index is 3170. The van der Waals surface area contributed by atoms with E-state index in [1.807, 2.05) is 6.20 Å². The highest BCUT2D eigenvalue weighted by atomic mass is 15.1. The Kier molecular flexibility index (Phi) is 5.98. The fourth-order valence-corrected chi connectivity index (χ4v) is 8.33. The lowest BCUT2D eigenvalue weighted by Crippen LogP contribution is -2.05. The second-order valence-electron chi connectivity index (χ2n) is 13.4. The van der Waals surface area contributed by atoms with Crippen LogP contribution in [0.5, 0.6) is 0 Å². The normalized spacial score (nSPS) is 12.0. The summed E-state index contributed by atoms with van der Waals surface area (Å²) in [7, 11) is 0. The number of hydrogen-bond acceptors (Lipinski definition) is 2. The second-order valence-corrected chi connectivity index (χ2v) is 13.4. The van der Waals surface area contributed by atoms with Crippen LogP contribution in [-0.2, 0) is 6.54 Å². The number of rotatable bonds is 4. The first-order valence-corrected chi connectivity index (χ1v) is 17.5. The number of hydrogen-bond donors (Lipinski definition) is 0. The van der Waals surface area contributed by atoms with Gasteiger partial charge in [-0.15, -0.1) is 0 Å². The maximum absolute atomic E-state index is 5.18. The van der Waals surface area contributed by atoms with Crippen LogP contribution >= 0.6 is 0 Å². The molecule has 3 heterocycles. The van der Waals surface area contributed by atoms with Crippen LogP contribution in [0, 0.1) is 0 Å². The fraction of sp³-hybridized carbons (Fsp3) is 0.0213. The van der Waals surface area contributed by atoms with E-state index in [1.54, 1.807) is 0 Å². The summed E-state index contributed by atoms with van der Waals surface area (Å²) < 4.78 is 4.90. The van der Waals surface area contributed by atoms with Crippen LogP contribution in [0.15, 0.2) is 170 Å². The Morgan fingerprint density at radius 1 is 0.451 bits per heavy atom. The molecule has 8 aromatic carbocycles. The molecule has 0 N–H and O–H groups in total. The maximum atomic E-state index is 5.18. The average molecular weight is 651 g/mol. The zero-order chi connectivity index (χ0) is 33.5. The lowest BCUT2D eigenvalue weighted by atomic mass is 9.98. The smallest absolute Gasteiger partial charge is 0.148 e. The summed E-state index contributed by atoms with van der Waals surface area (Å²) in [6.07, 6.45) is 1.99. The quantitative estimate of drug-likeness (QED) is 0.190. The van der Waals surface area contributed by atoms with Gasteiger partial charge < -0.3 is 9.13 Å². The van der Waals surface area contributed by atoms with Crippen molar-refractivity contribution >= 4 is 76.1 Å². The summed E-state index contributed by atoms with van der Waals surface area (Å²) in [5.74, 6) is 0.785. The maximum Gasteiger partial charge on any atom is 0.148 e. The third-order valence-corrected chi connectivity index (χ3v) is 10.6. The molecule has 0 aliphatic rings. The van der Waals surface area contributed by atoms with Gasteiger partial charge in [-0.1, -0.05) is 121 Å². The first-order chi connectivity index (χ1) is 25.3. The monoisotopic (exact) mass is 650 g/mol. The highest BCUT2D eigenvalue weighted by Gasteiger charge is 2.24. The van der Waals surface area contributed by atoms with E-state index < -0.39 is 0 Å². The van der Waals surface area contributed by atoms with Crippen LogP contribution < -0.4 is 0 Å². The molecule has 0 aliphatic heterocycles. The van der Waals surface area contributed by atoms with Gasteiger partial charge in [-0.05, 0) is 75.1 Å². The number of fused-ring (bicyclic) bond motifs is 12. The third-order valence-electron chi connectivity index (χ3n) is 10.6. The Morgan fingerprint density at radius 3 is 1.82 bits per heavy atom. The molecular weight excluding hydrogens is 621 g/mol. The van der Waals surface area contributed by atoms with Gasteiger partial charge in [-0.25, -0.2) is 9.97 Å². The van der Waals surface area contributed by atoms with Gasteiger partial charge in [0.1, 0.15) is 5.82 Å². The number of benzene rings is 8. The molecule has 0 fully saturated rings. The molecule has 0 unspecified atom stereocenters. The van der Waals surface area contributed by atoms with Crippen molar-refractivity contribution in [3.05, 3.63) is 176 Å². The molecular formula is C47H30N4.